The van der Waals surface area contributed by atoms with Crippen molar-refractivity contribution in [2.24, 2.45) is 0 Å². The first kappa shape index (κ1) is 18.8. The smallest absolute Gasteiger partial charge is 0.326 e. The van der Waals surface area contributed by atoms with Crippen LogP contribution in [-0.2, 0) is 28.9 Å². The number of piperidine rings is 1. The molecule has 1 saturated heterocycles. The normalized spacial score (nSPS) is 21.8. The van der Waals surface area contributed by atoms with Crippen LogP contribution in [0.4, 0.5) is 0 Å². The SMILES string of the molecule is O=C(O)[C@H]1CCCCN1C(=O)Cc1sc2c(c1-c1nc(C3CC3)no1)CCCC2. The van der Waals surface area contributed by atoms with E-state index in [-0.39, 0.29) is 12.3 Å². The summed E-state index contributed by atoms with van der Waals surface area (Å²) < 4.78 is 5.63. The van der Waals surface area contributed by atoms with Crippen LogP contribution in [0.3, 0.4) is 0 Å². The Hall–Kier alpha value is -2.22. The first-order valence-corrected chi connectivity index (χ1v) is 11.4. The van der Waals surface area contributed by atoms with Gasteiger partial charge in [0.2, 0.25) is 5.91 Å². The zero-order chi connectivity index (χ0) is 20.0. The molecule has 5 rings (SSSR count). The fraction of sp³-hybridized carbons (Fsp3) is 0.619. The Kier molecular flexibility index (Phi) is 4.89. The number of carboxylic acid groups (broad SMARTS) is 1. The molecule has 2 aromatic rings. The maximum atomic E-state index is 13.1. The molecule has 0 radical (unpaired) electrons. The van der Waals surface area contributed by atoms with Crippen molar-refractivity contribution < 1.29 is 19.2 Å². The Morgan fingerprint density at radius 3 is 2.76 bits per heavy atom. The molecule has 3 heterocycles. The number of amides is 1. The van der Waals surface area contributed by atoms with Crippen LogP contribution in [0.15, 0.2) is 4.52 Å². The summed E-state index contributed by atoms with van der Waals surface area (Å²) >= 11 is 1.67. The van der Waals surface area contributed by atoms with Gasteiger partial charge in [-0.25, -0.2) is 4.79 Å². The third kappa shape index (κ3) is 3.58. The van der Waals surface area contributed by atoms with Gasteiger partial charge >= 0.3 is 5.97 Å². The van der Waals surface area contributed by atoms with Crippen LogP contribution >= 0.6 is 11.3 Å². The van der Waals surface area contributed by atoms with E-state index in [1.807, 2.05) is 0 Å². The highest BCUT2D eigenvalue weighted by molar-refractivity contribution is 7.12. The van der Waals surface area contributed by atoms with E-state index in [2.05, 4.69) is 10.1 Å². The van der Waals surface area contributed by atoms with E-state index in [1.54, 1.807) is 16.2 Å². The summed E-state index contributed by atoms with van der Waals surface area (Å²) in [6.45, 7) is 0.516. The molecular weight excluding hydrogens is 390 g/mol. The van der Waals surface area contributed by atoms with Crippen molar-refractivity contribution in [1.29, 1.82) is 0 Å². The van der Waals surface area contributed by atoms with Gasteiger partial charge in [-0.1, -0.05) is 5.16 Å². The molecule has 0 unspecified atom stereocenters. The quantitative estimate of drug-likeness (QED) is 0.802. The van der Waals surface area contributed by atoms with Gasteiger partial charge in [-0.15, -0.1) is 11.3 Å². The van der Waals surface area contributed by atoms with Gasteiger partial charge in [0.1, 0.15) is 6.04 Å². The molecule has 1 saturated carbocycles. The van der Waals surface area contributed by atoms with Gasteiger partial charge in [0.15, 0.2) is 5.82 Å². The Morgan fingerprint density at radius 1 is 1.14 bits per heavy atom. The van der Waals surface area contributed by atoms with E-state index in [0.29, 0.717) is 24.8 Å². The van der Waals surface area contributed by atoms with Crippen LogP contribution in [0.2, 0.25) is 0 Å². The molecule has 0 bridgehead atoms. The second-order valence-electron chi connectivity index (χ2n) is 8.35. The number of carbonyl (C=O) groups is 2. The van der Waals surface area contributed by atoms with Gasteiger partial charge in [-0.05, 0) is 63.4 Å². The number of nitrogens with zero attached hydrogens (tertiary/aromatic N) is 3. The van der Waals surface area contributed by atoms with Crippen molar-refractivity contribution in [3.8, 4) is 11.5 Å². The predicted molar refractivity (Wildman–Crippen MR) is 107 cm³/mol. The summed E-state index contributed by atoms with van der Waals surface area (Å²) in [5, 5.41) is 13.7. The molecule has 7 nitrogen and oxygen atoms in total. The highest BCUT2D eigenvalue weighted by Gasteiger charge is 2.35. The van der Waals surface area contributed by atoms with E-state index in [1.165, 1.54) is 10.4 Å². The molecule has 3 aliphatic rings. The third-order valence-electron chi connectivity index (χ3n) is 6.26. The highest BCUT2D eigenvalue weighted by atomic mass is 32.1. The molecule has 2 fully saturated rings. The third-order valence-corrected chi connectivity index (χ3v) is 7.55. The van der Waals surface area contributed by atoms with Crippen LogP contribution < -0.4 is 0 Å². The number of aromatic nitrogens is 2. The molecule has 1 N–H and O–H groups in total. The highest BCUT2D eigenvalue weighted by Crippen LogP contribution is 2.43. The molecule has 154 valence electrons. The van der Waals surface area contributed by atoms with Crippen molar-refractivity contribution in [1.82, 2.24) is 15.0 Å². The van der Waals surface area contributed by atoms with Gasteiger partial charge in [-0.3, -0.25) is 4.79 Å². The number of likely N-dealkylation sites (tertiary alicyclic amines) is 1. The summed E-state index contributed by atoms with van der Waals surface area (Å²) in [6.07, 6.45) is 8.94. The Bertz CT molecular complexity index is 946. The van der Waals surface area contributed by atoms with Crippen LogP contribution in [0.25, 0.3) is 11.5 Å². The minimum atomic E-state index is -0.908. The monoisotopic (exact) mass is 415 g/mol. The number of carboxylic acids is 1. The number of hydrogen-bond acceptors (Lipinski definition) is 6. The van der Waals surface area contributed by atoms with Gasteiger partial charge < -0.3 is 14.5 Å². The molecule has 29 heavy (non-hydrogen) atoms. The Labute approximate surface area is 173 Å². The number of thiophene rings is 1. The number of aryl methyl sites for hydroxylation is 1. The van der Waals surface area contributed by atoms with Crippen molar-refractivity contribution >= 4 is 23.2 Å². The molecular formula is C21H25N3O4S. The lowest BCUT2D eigenvalue weighted by atomic mass is 9.94. The summed E-state index contributed by atoms with van der Waals surface area (Å²) in [6, 6.07) is -0.709. The standard InChI is InChI=1S/C21H25N3O4S/c25-17(24-10-4-3-6-14(24)21(26)27)11-16-18(13-5-1-2-7-15(13)29-16)20-22-19(23-28-20)12-8-9-12/h12,14H,1-11H2,(H,26,27)/t14-/m1/s1. The number of aliphatic carboxylic acids is 1. The predicted octanol–water partition coefficient (Wildman–Crippen LogP) is 3.56. The van der Waals surface area contributed by atoms with E-state index >= 15 is 0 Å². The topological polar surface area (TPSA) is 96.5 Å². The summed E-state index contributed by atoms with van der Waals surface area (Å²) in [5.41, 5.74) is 2.20. The van der Waals surface area contributed by atoms with E-state index < -0.39 is 12.0 Å². The number of rotatable bonds is 5. The first-order valence-electron chi connectivity index (χ1n) is 10.6. The first-order chi connectivity index (χ1) is 14.1. The summed E-state index contributed by atoms with van der Waals surface area (Å²) in [7, 11) is 0. The minimum absolute atomic E-state index is 0.112. The molecule has 1 aliphatic heterocycles. The molecule has 0 spiro atoms. The fourth-order valence-electron chi connectivity index (χ4n) is 4.57. The van der Waals surface area contributed by atoms with E-state index in [0.717, 1.165) is 67.6 Å². The molecule has 1 atom stereocenters. The maximum absolute atomic E-state index is 13.1. The zero-order valence-electron chi connectivity index (χ0n) is 16.4. The van der Waals surface area contributed by atoms with Gasteiger partial charge in [0.05, 0.1) is 12.0 Å². The Morgan fingerprint density at radius 2 is 1.97 bits per heavy atom. The molecule has 1 amide bonds. The lowest BCUT2D eigenvalue weighted by Crippen LogP contribution is -2.48. The lowest BCUT2D eigenvalue weighted by molar-refractivity contribution is -0.151. The summed E-state index contributed by atoms with van der Waals surface area (Å²) in [4.78, 5) is 33.2. The van der Waals surface area contributed by atoms with Crippen LogP contribution in [0.5, 0.6) is 0 Å². The molecule has 2 aromatic heterocycles. The van der Waals surface area contributed by atoms with Crippen LogP contribution in [-0.4, -0.2) is 44.6 Å². The minimum Gasteiger partial charge on any atom is -0.480 e. The number of fused-ring (bicyclic) bond motifs is 1. The van der Waals surface area contributed by atoms with Gasteiger partial charge in [-0.2, -0.15) is 4.98 Å². The van der Waals surface area contributed by atoms with Crippen molar-refractivity contribution in [3.63, 3.8) is 0 Å². The fourth-order valence-corrected chi connectivity index (χ4v) is 5.94. The largest absolute Gasteiger partial charge is 0.480 e. The lowest BCUT2D eigenvalue weighted by Gasteiger charge is -2.33. The van der Waals surface area contributed by atoms with Crippen LogP contribution in [0.1, 0.15) is 72.0 Å². The van der Waals surface area contributed by atoms with Crippen molar-refractivity contribution in [3.05, 3.63) is 21.1 Å². The maximum Gasteiger partial charge on any atom is 0.326 e. The van der Waals surface area contributed by atoms with Crippen molar-refractivity contribution in [2.45, 2.75) is 76.2 Å². The summed E-state index contributed by atoms with van der Waals surface area (Å²) in [5.74, 6) is 0.697. The van der Waals surface area contributed by atoms with E-state index in [4.69, 9.17) is 4.52 Å². The van der Waals surface area contributed by atoms with Crippen LogP contribution in [0, 0.1) is 0 Å². The zero-order valence-corrected chi connectivity index (χ0v) is 17.2. The average molecular weight is 416 g/mol. The van der Waals surface area contributed by atoms with E-state index in [9.17, 15) is 14.7 Å². The Balaban J connectivity index is 1.46. The second-order valence-corrected chi connectivity index (χ2v) is 9.54. The number of hydrogen-bond donors (Lipinski definition) is 1. The average Bonchev–Trinajstić information content (AvgIpc) is 3.35. The number of carbonyl (C=O) groups excluding carboxylic acids is 1. The van der Waals surface area contributed by atoms with Crippen molar-refractivity contribution in [2.75, 3.05) is 6.54 Å². The second kappa shape index (κ2) is 7.55. The molecule has 2 aliphatic carbocycles. The molecule has 8 heteroatoms. The van der Waals surface area contributed by atoms with Gasteiger partial charge in [0.25, 0.3) is 5.89 Å². The molecule has 0 aromatic carbocycles. The van der Waals surface area contributed by atoms with Gasteiger partial charge in [0, 0.05) is 22.2 Å².